The molecule has 0 atom stereocenters. The zero-order chi connectivity index (χ0) is 17.2. The molecule has 0 aromatic heterocycles. The van der Waals surface area contributed by atoms with Gasteiger partial charge in [-0.1, -0.05) is 12.7 Å². The van der Waals surface area contributed by atoms with Gasteiger partial charge < -0.3 is 24.3 Å². The Labute approximate surface area is 141 Å². The largest absolute Gasteiger partial charge is 0.493 e. The lowest BCUT2D eigenvalue weighted by atomic mass is 10.1. The van der Waals surface area contributed by atoms with Gasteiger partial charge in [0.25, 0.3) is 5.17 Å². The first-order valence-electron chi connectivity index (χ1n) is 6.99. The molecule has 1 aromatic carbocycles. The van der Waals surface area contributed by atoms with E-state index < -0.39 is 5.97 Å². The van der Waals surface area contributed by atoms with E-state index in [-0.39, 0.29) is 24.0 Å². The van der Waals surface area contributed by atoms with Crippen LogP contribution in [-0.2, 0) is 20.8 Å². The molecule has 1 rings (SSSR count). The van der Waals surface area contributed by atoms with Gasteiger partial charge >= 0.3 is 5.97 Å². The zero-order valence-electron chi connectivity index (χ0n) is 13.5. The van der Waals surface area contributed by atoms with E-state index in [1.54, 1.807) is 19.2 Å². The van der Waals surface area contributed by atoms with Gasteiger partial charge in [-0.15, -0.1) is 0 Å². The van der Waals surface area contributed by atoms with E-state index in [4.69, 9.17) is 31.2 Å². The summed E-state index contributed by atoms with van der Waals surface area (Å²) >= 11 is 4.98. The first kappa shape index (κ1) is 18.9. The average Bonchev–Trinajstić information content (AvgIpc) is 2.54. The van der Waals surface area contributed by atoms with Crippen LogP contribution < -0.4 is 10.1 Å². The first-order valence-corrected chi connectivity index (χ1v) is 7.39. The van der Waals surface area contributed by atoms with Crippen molar-refractivity contribution in [3.05, 3.63) is 35.9 Å². The molecule has 0 saturated carbocycles. The van der Waals surface area contributed by atoms with Crippen LogP contribution in [0.25, 0.3) is 0 Å². The summed E-state index contributed by atoms with van der Waals surface area (Å²) in [5, 5.41) is 3.06. The lowest BCUT2D eigenvalue weighted by Crippen LogP contribution is -2.14. The number of thiocarbonyl (C=S) groups is 1. The van der Waals surface area contributed by atoms with E-state index in [9.17, 15) is 4.79 Å². The monoisotopic (exact) mass is 339 g/mol. The lowest BCUT2D eigenvalue weighted by Gasteiger charge is -2.17. The molecule has 6 nitrogen and oxygen atoms in total. The van der Waals surface area contributed by atoms with Crippen LogP contribution in [0.2, 0.25) is 0 Å². The summed E-state index contributed by atoms with van der Waals surface area (Å²) in [4.78, 5) is 12.3. The van der Waals surface area contributed by atoms with Crippen LogP contribution >= 0.6 is 12.2 Å². The molecular formula is C16H21NO5S. The lowest BCUT2D eigenvalue weighted by molar-refractivity contribution is 0.0544. The summed E-state index contributed by atoms with van der Waals surface area (Å²) < 4.78 is 20.8. The summed E-state index contributed by atoms with van der Waals surface area (Å²) in [5.41, 5.74) is 1.56. The van der Waals surface area contributed by atoms with E-state index >= 15 is 0 Å². The molecule has 23 heavy (non-hydrogen) atoms. The molecule has 126 valence electrons. The van der Waals surface area contributed by atoms with Gasteiger partial charge in [-0.3, -0.25) is 0 Å². The highest BCUT2D eigenvalue weighted by Crippen LogP contribution is 2.30. The van der Waals surface area contributed by atoms with Crippen LogP contribution in [0.4, 0.5) is 5.69 Å². The van der Waals surface area contributed by atoms with Crippen molar-refractivity contribution in [2.45, 2.75) is 13.5 Å². The molecule has 7 heteroatoms. The maximum Gasteiger partial charge on any atom is 0.342 e. The summed E-state index contributed by atoms with van der Waals surface area (Å²) in [6, 6.07) is 3.38. The second-order valence-electron chi connectivity index (χ2n) is 4.38. The summed E-state index contributed by atoms with van der Waals surface area (Å²) in [6.45, 7) is 6.14. The van der Waals surface area contributed by atoms with Crippen molar-refractivity contribution >= 4 is 29.0 Å². The summed E-state index contributed by atoms with van der Waals surface area (Å²) in [6.07, 6.45) is 1.50. The third kappa shape index (κ3) is 5.54. The van der Waals surface area contributed by atoms with Gasteiger partial charge in [-0.05, 0) is 31.3 Å². The highest BCUT2D eigenvalue weighted by molar-refractivity contribution is 7.80. The Bertz CT molecular complexity index is 574. The number of hydrogen-bond donors (Lipinski definition) is 1. The minimum atomic E-state index is -0.516. The predicted molar refractivity (Wildman–Crippen MR) is 92.0 cm³/mol. The smallest absolute Gasteiger partial charge is 0.342 e. The van der Waals surface area contributed by atoms with Crippen LogP contribution in [-0.4, -0.2) is 38.6 Å². The van der Waals surface area contributed by atoms with Crippen molar-refractivity contribution in [2.75, 3.05) is 32.8 Å². The van der Waals surface area contributed by atoms with E-state index in [0.29, 0.717) is 23.6 Å². The Morgan fingerprint density at radius 1 is 1.39 bits per heavy atom. The second-order valence-corrected chi connectivity index (χ2v) is 4.75. The third-order valence-corrected chi connectivity index (χ3v) is 3.01. The molecule has 0 aliphatic heterocycles. The number of nitrogens with one attached hydrogen (secondary N) is 1. The molecule has 1 N–H and O–H groups in total. The highest BCUT2D eigenvalue weighted by atomic mass is 32.1. The Hall–Kier alpha value is -2.12. The number of carbonyl (C=O) groups excluding carboxylic acids is 1. The SMILES string of the molecule is C=CCOC(=O)c1cc(NC(=S)OC)cc(COC)c1OCC. The van der Waals surface area contributed by atoms with Gasteiger partial charge in [0.1, 0.15) is 17.9 Å². The number of carbonyl (C=O) groups is 1. The third-order valence-electron chi connectivity index (χ3n) is 2.74. The van der Waals surface area contributed by atoms with Gasteiger partial charge in [-0.2, -0.15) is 0 Å². The topological polar surface area (TPSA) is 66.0 Å². The quantitative estimate of drug-likeness (QED) is 0.444. The average molecular weight is 339 g/mol. The summed E-state index contributed by atoms with van der Waals surface area (Å²) in [5.74, 6) is -0.0880. The molecule has 0 radical (unpaired) electrons. The fourth-order valence-corrected chi connectivity index (χ4v) is 1.99. The van der Waals surface area contributed by atoms with Crippen LogP contribution in [0.5, 0.6) is 5.75 Å². The number of rotatable bonds is 8. The zero-order valence-corrected chi connectivity index (χ0v) is 14.3. The van der Waals surface area contributed by atoms with Gasteiger partial charge in [0.2, 0.25) is 0 Å². The maximum absolute atomic E-state index is 12.3. The minimum Gasteiger partial charge on any atom is -0.493 e. The second kappa shape index (κ2) is 9.81. The number of hydrogen-bond acceptors (Lipinski definition) is 6. The molecule has 0 unspecified atom stereocenters. The standard InChI is InChI=1S/C16H21NO5S/c1-5-7-22-15(18)13-9-12(17-16(23)20-4)8-11(10-19-3)14(13)21-6-2/h5,8-9H,1,6-7,10H2,2-4H3,(H,17,23). The van der Waals surface area contributed by atoms with Gasteiger partial charge in [0.15, 0.2) is 0 Å². The first-order chi connectivity index (χ1) is 11.1. The highest BCUT2D eigenvalue weighted by Gasteiger charge is 2.20. The Morgan fingerprint density at radius 3 is 2.70 bits per heavy atom. The molecule has 0 fully saturated rings. The Morgan fingerprint density at radius 2 is 2.13 bits per heavy atom. The molecule has 0 aliphatic carbocycles. The number of methoxy groups -OCH3 is 2. The normalized spacial score (nSPS) is 9.87. The van der Waals surface area contributed by atoms with E-state index in [1.807, 2.05) is 6.92 Å². The van der Waals surface area contributed by atoms with Crippen molar-refractivity contribution in [2.24, 2.45) is 0 Å². The maximum atomic E-state index is 12.3. The molecule has 0 saturated heterocycles. The van der Waals surface area contributed by atoms with Crippen LogP contribution in [0.15, 0.2) is 24.8 Å². The molecule has 0 spiro atoms. The van der Waals surface area contributed by atoms with Crippen molar-refractivity contribution in [1.82, 2.24) is 0 Å². The Kier molecular flexibility index (Phi) is 8.07. The summed E-state index contributed by atoms with van der Waals surface area (Å²) in [7, 11) is 3.02. The van der Waals surface area contributed by atoms with Gasteiger partial charge in [0, 0.05) is 18.4 Å². The fourth-order valence-electron chi connectivity index (χ4n) is 1.87. The number of esters is 1. The molecule has 0 bridgehead atoms. The van der Waals surface area contributed by atoms with E-state index in [2.05, 4.69) is 11.9 Å². The number of anilines is 1. The van der Waals surface area contributed by atoms with E-state index in [0.717, 1.165) is 0 Å². The van der Waals surface area contributed by atoms with Crippen molar-refractivity contribution in [3.8, 4) is 5.75 Å². The van der Waals surface area contributed by atoms with Gasteiger partial charge in [0.05, 0.1) is 20.3 Å². The minimum absolute atomic E-state index is 0.109. The fraction of sp³-hybridized carbons (Fsp3) is 0.375. The molecule has 0 aliphatic rings. The van der Waals surface area contributed by atoms with Crippen LogP contribution in [0.1, 0.15) is 22.8 Å². The van der Waals surface area contributed by atoms with Crippen molar-refractivity contribution in [1.29, 1.82) is 0 Å². The van der Waals surface area contributed by atoms with Crippen LogP contribution in [0.3, 0.4) is 0 Å². The molecule has 1 aromatic rings. The van der Waals surface area contributed by atoms with Crippen LogP contribution in [0, 0.1) is 0 Å². The Balaban J connectivity index is 3.31. The molecule has 0 heterocycles. The van der Waals surface area contributed by atoms with Crippen molar-refractivity contribution in [3.63, 3.8) is 0 Å². The predicted octanol–water partition coefficient (Wildman–Crippen LogP) is 2.92. The van der Waals surface area contributed by atoms with E-state index in [1.165, 1.54) is 13.2 Å². The number of benzene rings is 1. The molecule has 0 amide bonds. The molecular weight excluding hydrogens is 318 g/mol. The van der Waals surface area contributed by atoms with Gasteiger partial charge in [-0.25, -0.2) is 4.79 Å². The number of ether oxygens (including phenoxy) is 4. The van der Waals surface area contributed by atoms with Crippen molar-refractivity contribution < 1.29 is 23.7 Å².